The first-order valence-corrected chi connectivity index (χ1v) is 9.71. The van der Waals surface area contributed by atoms with Crippen molar-refractivity contribution in [3.63, 3.8) is 0 Å². The summed E-state index contributed by atoms with van der Waals surface area (Å²) in [4.78, 5) is 15.3. The van der Waals surface area contributed by atoms with Crippen molar-refractivity contribution in [3.8, 4) is 0 Å². The molecule has 130 valence electrons. The lowest BCUT2D eigenvalue weighted by Gasteiger charge is -2.38. The summed E-state index contributed by atoms with van der Waals surface area (Å²) in [6, 6.07) is 23.5. The van der Waals surface area contributed by atoms with Crippen LogP contribution in [0.1, 0.15) is 33.1 Å². The van der Waals surface area contributed by atoms with Crippen molar-refractivity contribution in [2.75, 3.05) is 6.54 Å². The van der Waals surface area contributed by atoms with Crippen LogP contribution in [0.2, 0.25) is 5.02 Å². The molecule has 26 heavy (non-hydrogen) atoms. The minimum Gasteiger partial charge on any atom is -0.327 e. The Morgan fingerprint density at radius 1 is 0.962 bits per heavy atom. The van der Waals surface area contributed by atoms with Crippen LogP contribution in [-0.4, -0.2) is 17.4 Å². The highest BCUT2D eigenvalue weighted by Crippen LogP contribution is 2.38. The fourth-order valence-corrected chi connectivity index (χ4v) is 4.24. The summed E-state index contributed by atoms with van der Waals surface area (Å²) in [7, 11) is 0. The molecule has 4 rings (SSSR count). The molecule has 0 N–H and O–H groups in total. The van der Waals surface area contributed by atoms with Crippen LogP contribution in [0.25, 0.3) is 0 Å². The van der Waals surface area contributed by atoms with Crippen LogP contribution < -0.4 is 0 Å². The highest BCUT2D eigenvalue weighted by Gasteiger charge is 2.33. The van der Waals surface area contributed by atoms with E-state index in [1.165, 1.54) is 5.56 Å². The zero-order valence-corrected chi connectivity index (χ0v) is 16.4. The first kappa shape index (κ1) is 17.3. The van der Waals surface area contributed by atoms with Crippen molar-refractivity contribution in [3.05, 3.63) is 105 Å². The standard InChI is InChI=1S/C22H17BrClNO/c23-17-8-5-7-16(14-17)22(26)25-13-12-15-6-1-2-9-18(15)21(25)19-10-3-4-11-20(19)24/h1-11,14,21H,12-13H2. The molecule has 2 nitrogen and oxygen atoms in total. The quantitative estimate of drug-likeness (QED) is 0.500. The number of hydrogen-bond donors (Lipinski definition) is 0. The molecule has 0 saturated heterocycles. The highest BCUT2D eigenvalue weighted by atomic mass is 79.9. The molecule has 3 aromatic rings. The lowest BCUT2D eigenvalue weighted by Crippen LogP contribution is -2.40. The van der Waals surface area contributed by atoms with Gasteiger partial charge in [-0.1, -0.05) is 76.1 Å². The van der Waals surface area contributed by atoms with E-state index >= 15 is 0 Å². The van der Waals surface area contributed by atoms with E-state index < -0.39 is 0 Å². The Hall–Kier alpha value is -2.10. The monoisotopic (exact) mass is 425 g/mol. The van der Waals surface area contributed by atoms with Crippen LogP contribution >= 0.6 is 27.5 Å². The SMILES string of the molecule is O=C(c1cccc(Br)c1)N1CCc2ccccc2C1c1ccccc1Cl. The van der Waals surface area contributed by atoms with Gasteiger partial charge in [0.25, 0.3) is 5.91 Å². The average Bonchev–Trinajstić information content (AvgIpc) is 2.67. The molecule has 1 unspecified atom stereocenters. The molecule has 0 spiro atoms. The largest absolute Gasteiger partial charge is 0.327 e. The second kappa shape index (κ2) is 7.26. The molecule has 1 amide bonds. The Morgan fingerprint density at radius 2 is 1.69 bits per heavy atom. The third-order valence-corrected chi connectivity index (χ3v) is 5.65. The number of rotatable bonds is 2. The van der Waals surface area contributed by atoms with E-state index in [1.54, 1.807) is 0 Å². The number of carbonyl (C=O) groups is 1. The van der Waals surface area contributed by atoms with Gasteiger partial charge in [0.15, 0.2) is 0 Å². The summed E-state index contributed by atoms with van der Waals surface area (Å²) < 4.78 is 0.898. The second-order valence-electron chi connectivity index (χ2n) is 6.38. The Bertz CT molecular complexity index is 972. The van der Waals surface area contributed by atoms with E-state index in [9.17, 15) is 4.79 Å². The van der Waals surface area contributed by atoms with E-state index in [0.717, 1.165) is 22.0 Å². The molecule has 1 atom stereocenters. The van der Waals surface area contributed by atoms with Gasteiger partial charge in [0, 0.05) is 21.6 Å². The van der Waals surface area contributed by atoms with Gasteiger partial charge in [0.1, 0.15) is 0 Å². The minimum atomic E-state index is -0.180. The number of hydrogen-bond acceptors (Lipinski definition) is 1. The molecule has 0 radical (unpaired) electrons. The number of halogens is 2. The van der Waals surface area contributed by atoms with Crippen molar-refractivity contribution in [1.29, 1.82) is 0 Å². The summed E-state index contributed by atoms with van der Waals surface area (Å²) in [5.74, 6) is 0.0192. The highest BCUT2D eigenvalue weighted by molar-refractivity contribution is 9.10. The van der Waals surface area contributed by atoms with Gasteiger partial charge < -0.3 is 4.90 Å². The topological polar surface area (TPSA) is 20.3 Å². The molecule has 1 aliphatic heterocycles. The fraction of sp³-hybridized carbons (Fsp3) is 0.136. The molecule has 4 heteroatoms. The van der Waals surface area contributed by atoms with Gasteiger partial charge in [-0.2, -0.15) is 0 Å². The van der Waals surface area contributed by atoms with Crippen LogP contribution in [0.5, 0.6) is 0 Å². The van der Waals surface area contributed by atoms with E-state index in [1.807, 2.05) is 65.6 Å². The minimum absolute atomic E-state index is 0.0192. The fourth-order valence-electron chi connectivity index (χ4n) is 3.60. The zero-order chi connectivity index (χ0) is 18.1. The Kier molecular flexibility index (Phi) is 4.84. The van der Waals surface area contributed by atoms with Gasteiger partial charge in [-0.3, -0.25) is 4.79 Å². The zero-order valence-electron chi connectivity index (χ0n) is 14.0. The molecule has 3 aromatic carbocycles. The molecule has 0 fully saturated rings. The van der Waals surface area contributed by atoms with Gasteiger partial charge in [0.2, 0.25) is 0 Å². The Morgan fingerprint density at radius 3 is 2.46 bits per heavy atom. The van der Waals surface area contributed by atoms with Crippen molar-refractivity contribution in [2.45, 2.75) is 12.5 Å². The van der Waals surface area contributed by atoms with Crippen molar-refractivity contribution >= 4 is 33.4 Å². The summed E-state index contributed by atoms with van der Waals surface area (Å²) >= 11 is 9.98. The second-order valence-corrected chi connectivity index (χ2v) is 7.70. The maximum atomic E-state index is 13.3. The first-order chi connectivity index (χ1) is 12.6. The lowest BCUT2D eigenvalue weighted by molar-refractivity contribution is 0.0694. The molecule has 0 saturated carbocycles. The van der Waals surface area contributed by atoms with Crippen LogP contribution in [0.3, 0.4) is 0 Å². The van der Waals surface area contributed by atoms with Crippen LogP contribution in [0, 0.1) is 0 Å². The molecule has 0 aliphatic carbocycles. The average molecular weight is 427 g/mol. The maximum absolute atomic E-state index is 13.3. The maximum Gasteiger partial charge on any atom is 0.254 e. The van der Waals surface area contributed by atoms with Gasteiger partial charge in [-0.15, -0.1) is 0 Å². The van der Waals surface area contributed by atoms with E-state index in [0.29, 0.717) is 17.1 Å². The molecule has 1 heterocycles. The summed E-state index contributed by atoms with van der Waals surface area (Å²) in [6.07, 6.45) is 0.844. The predicted octanol–water partition coefficient (Wildman–Crippen LogP) is 5.89. The van der Waals surface area contributed by atoms with Gasteiger partial charge >= 0.3 is 0 Å². The normalized spacial score (nSPS) is 16.2. The third-order valence-electron chi connectivity index (χ3n) is 4.82. The Labute approximate surface area is 166 Å². The molecule has 0 bridgehead atoms. The molecular weight excluding hydrogens is 410 g/mol. The van der Waals surface area contributed by atoms with E-state index in [2.05, 4.69) is 28.1 Å². The van der Waals surface area contributed by atoms with Crippen LogP contribution in [0.15, 0.2) is 77.3 Å². The number of nitrogens with zero attached hydrogens (tertiary/aromatic N) is 1. The van der Waals surface area contributed by atoms with Crippen molar-refractivity contribution < 1.29 is 4.79 Å². The smallest absolute Gasteiger partial charge is 0.254 e. The molecule has 1 aliphatic rings. The number of fused-ring (bicyclic) bond motifs is 1. The van der Waals surface area contributed by atoms with E-state index in [-0.39, 0.29) is 11.9 Å². The summed E-state index contributed by atoms with van der Waals surface area (Å²) in [5.41, 5.74) is 4.06. The van der Waals surface area contributed by atoms with Gasteiger partial charge in [-0.05, 0) is 47.4 Å². The van der Waals surface area contributed by atoms with Crippen molar-refractivity contribution in [2.24, 2.45) is 0 Å². The molecular formula is C22H17BrClNO. The predicted molar refractivity (Wildman–Crippen MR) is 109 cm³/mol. The Balaban J connectivity index is 1.83. The number of carbonyl (C=O) groups excluding carboxylic acids is 1. The summed E-state index contributed by atoms with van der Waals surface area (Å²) in [5, 5.41) is 0.682. The lowest BCUT2D eigenvalue weighted by atomic mass is 9.87. The third kappa shape index (κ3) is 3.17. The van der Waals surface area contributed by atoms with Crippen LogP contribution in [0.4, 0.5) is 0 Å². The van der Waals surface area contributed by atoms with Gasteiger partial charge in [-0.25, -0.2) is 0 Å². The number of amides is 1. The number of benzene rings is 3. The van der Waals surface area contributed by atoms with Crippen molar-refractivity contribution in [1.82, 2.24) is 4.90 Å². The summed E-state index contributed by atoms with van der Waals surface area (Å²) in [6.45, 7) is 0.665. The first-order valence-electron chi connectivity index (χ1n) is 8.54. The van der Waals surface area contributed by atoms with E-state index in [4.69, 9.17) is 11.6 Å². The van der Waals surface area contributed by atoms with Gasteiger partial charge in [0.05, 0.1) is 6.04 Å². The molecule has 0 aromatic heterocycles. The van der Waals surface area contributed by atoms with Crippen LogP contribution in [-0.2, 0) is 6.42 Å².